The second-order valence-electron chi connectivity index (χ2n) is 6.53. The van der Waals surface area contributed by atoms with Gasteiger partial charge in [-0.1, -0.05) is 31.2 Å². The molecule has 0 saturated carbocycles. The van der Waals surface area contributed by atoms with E-state index in [1.807, 2.05) is 6.92 Å². The van der Waals surface area contributed by atoms with Gasteiger partial charge in [0.15, 0.2) is 0 Å². The number of amides is 1. The van der Waals surface area contributed by atoms with Crippen LogP contribution in [0.4, 0.5) is 5.69 Å². The van der Waals surface area contributed by atoms with E-state index in [-0.39, 0.29) is 18.0 Å². The molecule has 4 nitrogen and oxygen atoms in total. The molecule has 2 atom stereocenters. The number of para-hydroxylation sites is 1. The van der Waals surface area contributed by atoms with Crippen molar-refractivity contribution in [3.05, 3.63) is 52.7 Å². The van der Waals surface area contributed by atoms with Gasteiger partial charge in [-0.25, -0.2) is 0 Å². The van der Waals surface area contributed by atoms with Gasteiger partial charge in [-0.05, 0) is 30.5 Å². The van der Waals surface area contributed by atoms with Crippen LogP contribution in [0.25, 0.3) is 0 Å². The van der Waals surface area contributed by atoms with Gasteiger partial charge in [-0.3, -0.25) is 9.69 Å². The molecule has 1 saturated heterocycles. The molecule has 1 aliphatic heterocycles. The number of thiophene rings is 1. The molecule has 1 aliphatic rings. The summed E-state index contributed by atoms with van der Waals surface area (Å²) in [4.78, 5) is 18.2. The van der Waals surface area contributed by atoms with Crippen molar-refractivity contribution in [1.29, 1.82) is 0 Å². The Labute approximate surface area is 154 Å². The Hall–Kier alpha value is -1.85. The van der Waals surface area contributed by atoms with E-state index in [0.717, 1.165) is 26.2 Å². The fourth-order valence-corrected chi connectivity index (χ4v) is 4.50. The summed E-state index contributed by atoms with van der Waals surface area (Å²) in [6, 6.07) is 15.2. The van der Waals surface area contributed by atoms with Crippen molar-refractivity contribution in [2.45, 2.75) is 32.4 Å². The molecular weight excluding hydrogens is 330 g/mol. The first-order chi connectivity index (χ1) is 12.2. The molecule has 0 radical (unpaired) electrons. The number of nitrogens with one attached hydrogen (secondary N) is 1. The van der Waals surface area contributed by atoms with Crippen LogP contribution in [0.2, 0.25) is 0 Å². The van der Waals surface area contributed by atoms with Crippen LogP contribution >= 0.6 is 11.3 Å². The average molecular weight is 358 g/mol. The summed E-state index contributed by atoms with van der Waals surface area (Å²) in [6.45, 7) is 8.07. The molecule has 0 aliphatic carbocycles. The number of hydrogen-bond donors (Lipinski definition) is 1. The summed E-state index contributed by atoms with van der Waals surface area (Å²) in [5.41, 5.74) is 1.29. The predicted molar refractivity (Wildman–Crippen MR) is 105 cm³/mol. The largest absolute Gasteiger partial charge is 0.369 e. The first-order valence-electron chi connectivity index (χ1n) is 9.06. The predicted octanol–water partition coefficient (Wildman–Crippen LogP) is 3.53. The number of carbonyl (C=O) groups excluding carboxylic acids is 1. The smallest absolute Gasteiger partial charge is 0.219 e. The van der Waals surface area contributed by atoms with Crippen molar-refractivity contribution < 1.29 is 4.79 Å². The molecule has 1 N–H and O–H groups in total. The van der Waals surface area contributed by atoms with Crippen molar-refractivity contribution in [2.24, 2.45) is 0 Å². The van der Waals surface area contributed by atoms with E-state index in [1.165, 1.54) is 10.6 Å². The number of benzene rings is 1. The lowest BCUT2D eigenvalue weighted by molar-refractivity contribution is -0.121. The third-order valence-corrected chi connectivity index (χ3v) is 5.79. The molecule has 2 heterocycles. The van der Waals surface area contributed by atoms with E-state index in [1.54, 1.807) is 11.3 Å². The lowest BCUT2D eigenvalue weighted by Gasteiger charge is -2.42. The van der Waals surface area contributed by atoms with E-state index in [4.69, 9.17) is 0 Å². The number of nitrogens with zero attached hydrogens (tertiary/aromatic N) is 2. The fourth-order valence-electron chi connectivity index (χ4n) is 3.53. The monoisotopic (exact) mass is 357 g/mol. The first-order valence-corrected chi connectivity index (χ1v) is 9.94. The Morgan fingerprint density at radius 3 is 2.44 bits per heavy atom. The zero-order valence-corrected chi connectivity index (χ0v) is 15.8. The number of rotatable bonds is 6. The summed E-state index contributed by atoms with van der Waals surface area (Å²) < 4.78 is 0. The molecule has 25 heavy (non-hydrogen) atoms. The van der Waals surface area contributed by atoms with Crippen molar-refractivity contribution in [3.63, 3.8) is 0 Å². The van der Waals surface area contributed by atoms with Crippen LogP contribution in [0.3, 0.4) is 0 Å². The van der Waals surface area contributed by atoms with Gasteiger partial charge in [-0.2, -0.15) is 0 Å². The van der Waals surface area contributed by atoms with Gasteiger partial charge in [-0.15, -0.1) is 11.3 Å². The lowest BCUT2D eigenvalue weighted by Crippen LogP contribution is -2.52. The number of piperazine rings is 1. The second kappa shape index (κ2) is 8.50. The summed E-state index contributed by atoms with van der Waals surface area (Å²) in [7, 11) is 0. The van der Waals surface area contributed by atoms with Crippen LogP contribution < -0.4 is 10.2 Å². The van der Waals surface area contributed by atoms with Gasteiger partial charge in [0, 0.05) is 49.2 Å². The van der Waals surface area contributed by atoms with Crippen molar-refractivity contribution in [1.82, 2.24) is 10.2 Å². The molecule has 2 aromatic rings. The summed E-state index contributed by atoms with van der Waals surface area (Å²) >= 11 is 1.78. The minimum atomic E-state index is 0.106. The van der Waals surface area contributed by atoms with Crippen molar-refractivity contribution >= 4 is 22.9 Å². The van der Waals surface area contributed by atoms with E-state index in [2.05, 4.69) is 69.9 Å². The van der Waals surface area contributed by atoms with Crippen LogP contribution in [0.5, 0.6) is 0 Å². The molecule has 1 aromatic heterocycles. The van der Waals surface area contributed by atoms with Crippen LogP contribution in [-0.4, -0.2) is 43.0 Å². The third-order valence-electron chi connectivity index (χ3n) is 4.85. The third kappa shape index (κ3) is 4.41. The number of carbonyl (C=O) groups is 1. The molecule has 0 bridgehead atoms. The highest BCUT2D eigenvalue weighted by Gasteiger charge is 2.30. The van der Waals surface area contributed by atoms with Crippen molar-refractivity contribution in [2.75, 3.05) is 31.1 Å². The Balaban J connectivity index is 1.69. The standard InChI is InChI=1S/C20H27N3OS/c1-3-19(24)21-16(2)20(18-10-7-15-25-18)23-13-11-22(12-14-23)17-8-5-4-6-9-17/h4-10,15-16,20H,3,11-14H2,1-2H3,(H,21,24)/t16-,20-/m1/s1. The van der Waals surface area contributed by atoms with Crippen LogP contribution in [-0.2, 0) is 4.79 Å². The zero-order valence-electron chi connectivity index (χ0n) is 15.0. The first kappa shape index (κ1) is 18.0. The zero-order chi connectivity index (χ0) is 17.6. The van der Waals surface area contributed by atoms with Gasteiger partial charge >= 0.3 is 0 Å². The van der Waals surface area contributed by atoms with E-state index in [0.29, 0.717) is 6.42 Å². The molecule has 0 spiro atoms. The minimum Gasteiger partial charge on any atom is -0.369 e. The summed E-state index contributed by atoms with van der Waals surface area (Å²) in [6.07, 6.45) is 0.531. The lowest BCUT2D eigenvalue weighted by atomic mass is 10.0. The van der Waals surface area contributed by atoms with Crippen LogP contribution in [0.1, 0.15) is 31.2 Å². The van der Waals surface area contributed by atoms with Crippen molar-refractivity contribution in [3.8, 4) is 0 Å². The van der Waals surface area contributed by atoms with Crippen LogP contribution in [0.15, 0.2) is 47.8 Å². The highest BCUT2D eigenvalue weighted by atomic mass is 32.1. The maximum atomic E-state index is 11.9. The van der Waals surface area contributed by atoms with Gasteiger partial charge in [0.1, 0.15) is 0 Å². The molecule has 0 unspecified atom stereocenters. The van der Waals surface area contributed by atoms with E-state index < -0.39 is 0 Å². The second-order valence-corrected chi connectivity index (χ2v) is 7.51. The highest BCUT2D eigenvalue weighted by molar-refractivity contribution is 7.10. The SMILES string of the molecule is CCC(=O)N[C@H](C)[C@H](c1cccs1)N1CCN(c2ccccc2)CC1. The van der Waals surface area contributed by atoms with Gasteiger partial charge in [0.05, 0.1) is 6.04 Å². The molecule has 3 rings (SSSR count). The fraction of sp³-hybridized carbons (Fsp3) is 0.450. The Kier molecular flexibility index (Phi) is 6.10. The van der Waals surface area contributed by atoms with Gasteiger partial charge in [0.25, 0.3) is 0 Å². The van der Waals surface area contributed by atoms with Crippen LogP contribution in [0, 0.1) is 0 Å². The normalized spacial score (nSPS) is 17.9. The Morgan fingerprint density at radius 2 is 1.84 bits per heavy atom. The molecule has 1 amide bonds. The van der Waals surface area contributed by atoms with Gasteiger partial charge in [0.2, 0.25) is 5.91 Å². The van der Waals surface area contributed by atoms with Gasteiger partial charge < -0.3 is 10.2 Å². The molecule has 1 aromatic carbocycles. The molecule has 5 heteroatoms. The molecular formula is C20H27N3OS. The highest BCUT2D eigenvalue weighted by Crippen LogP contribution is 2.30. The number of anilines is 1. The summed E-state index contributed by atoms with van der Waals surface area (Å²) in [5.74, 6) is 0.122. The quantitative estimate of drug-likeness (QED) is 0.859. The molecule has 134 valence electrons. The maximum Gasteiger partial charge on any atom is 0.219 e. The summed E-state index contributed by atoms with van der Waals surface area (Å²) in [5, 5.41) is 5.29. The van der Waals surface area contributed by atoms with E-state index >= 15 is 0 Å². The average Bonchev–Trinajstić information content (AvgIpc) is 3.17. The number of hydrogen-bond acceptors (Lipinski definition) is 4. The molecule has 1 fully saturated rings. The Morgan fingerprint density at radius 1 is 1.12 bits per heavy atom. The Bertz CT molecular complexity index is 651. The maximum absolute atomic E-state index is 11.9. The van der Waals surface area contributed by atoms with E-state index in [9.17, 15) is 4.79 Å². The topological polar surface area (TPSA) is 35.6 Å². The minimum absolute atomic E-state index is 0.106.